The van der Waals surface area contributed by atoms with Gasteiger partial charge < -0.3 is 15.8 Å². The van der Waals surface area contributed by atoms with Gasteiger partial charge in [-0.2, -0.15) is 0 Å². The number of halogens is 1. The van der Waals surface area contributed by atoms with Gasteiger partial charge in [0.05, 0.1) is 30.2 Å². The average molecular weight is 336 g/mol. The normalized spacial score (nSPS) is 10.2. The molecule has 1 aromatic heterocycles. The second-order valence-electron chi connectivity index (χ2n) is 4.24. The molecule has 0 saturated carbocycles. The molecule has 0 saturated heterocycles. The Labute approximate surface area is 125 Å². The van der Waals surface area contributed by atoms with Gasteiger partial charge in [-0.05, 0) is 46.6 Å². The number of carbonyl (C=O) groups excluding carboxylic acids is 1. The van der Waals surface area contributed by atoms with Crippen LogP contribution >= 0.6 is 15.9 Å². The van der Waals surface area contributed by atoms with Crippen LogP contribution in [0.5, 0.6) is 5.75 Å². The van der Waals surface area contributed by atoms with Crippen molar-refractivity contribution < 1.29 is 9.53 Å². The van der Waals surface area contributed by atoms with Crippen LogP contribution in [0, 0.1) is 6.92 Å². The maximum Gasteiger partial charge on any atom is 0.259 e. The topological polar surface area (TPSA) is 77.2 Å². The van der Waals surface area contributed by atoms with Gasteiger partial charge in [0, 0.05) is 10.7 Å². The Morgan fingerprint density at radius 1 is 1.45 bits per heavy atom. The number of nitrogens with one attached hydrogen (secondary N) is 1. The van der Waals surface area contributed by atoms with Crippen LogP contribution in [0.25, 0.3) is 0 Å². The summed E-state index contributed by atoms with van der Waals surface area (Å²) < 4.78 is 5.85. The number of carbonyl (C=O) groups is 1. The van der Waals surface area contributed by atoms with Crippen LogP contribution in [0.2, 0.25) is 0 Å². The third-order valence-electron chi connectivity index (χ3n) is 2.75. The first-order chi connectivity index (χ1) is 9.52. The molecule has 3 N–H and O–H groups in total. The molecule has 5 nitrogen and oxygen atoms in total. The van der Waals surface area contributed by atoms with Crippen LogP contribution in [0.4, 0.5) is 11.4 Å². The van der Waals surface area contributed by atoms with Gasteiger partial charge in [-0.3, -0.25) is 9.78 Å². The second kappa shape index (κ2) is 5.92. The van der Waals surface area contributed by atoms with Crippen LogP contribution < -0.4 is 15.8 Å². The molecule has 20 heavy (non-hydrogen) atoms. The van der Waals surface area contributed by atoms with E-state index in [1.807, 2.05) is 13.0 Å². The summed E-state index contributed by atoms with van der Waals surface area (Å²) in [4.78, 5) is 16.2. The predicted octanol–water partition coefficient (Wildman–Crippen LogP) is 3.00. The molecule has 0 radical (unpaired) electrons. The highest BCUT2D eigenvalue weighted by Crippen LogP contribution is 2.31. The zero-order chi connectivity index (χ0) is 14.7. The number of ether oxygens (including phenoxy) is 1. The highest BCUT2D eigenvalue weighted by Gasteiger charge is 2.15. The van der Waals surface area contributed by atoms with E-state index in [0.717, 1.165) is 10.0 Å². The Morgan fingerprint density at radius 2 is 2.20 bits per heavy atom. The zero-order valence-electron chi connectivity index (χ0n) is 11.1. The third-order valence-corrected chi connectivity index (χ3v) is 3.38. The fraction of sp³-hybridized carbons (Fsp3) is 0.143. The highest BCUT2D eigenvalue weighted by atomic mass is 79.9. The maximum atomic E-state index is 12.3. The molecule has 0 atom stereocenters. The smallest absolute Gasteiger partial charge is 0.259 e. The number of benzene rings is 1. The van der Waals surface area contributed by atoms with Crippen LogP contribution in [-0.2, 0) is 0 Å². The molecule has 2 rings (SSSR count). The first kappa shape index (κ1) is 14.3. The predicted molar refractivity (Wildman–Crippen MR) is 82.0 cm³/mol. The Hall–Kier alpha value is -2.08. The zero-order valence-corrected chi connectivity index (χ0v) is 12.7. The summed E-state index contributed by atoms with van der Waals surface area (Å²) in [6.45, 7) is 1.93. The number of nitrogens with two attached hydrogens (primary N) is 1. The molecular formula is C14H14BrN3O2. The van der Waals surface area contributed by atoms with Crippen molar-refractivity contribution in [2.45, 2.75) is 6.92 Å². The summed E-state index contributed by atoms with van der Waals surface area (Å²) in [5.41, 5.74) is 8.38. The number of nitrogens with zero attached hydrogens (tertiary/aromatic N) is 1. The first-order valence-electron chi connectivity index (χ1n) is 5.88. The standard InChI is InChI=1S/C14H14BrN3O2/c1-8-5-10(15)13(11(16)6-8)18-14(19)9-3-4-17-7-12(9)20-2/h3-7H,16H2,1-2H3,(H,18,19). The molecule has 0 bridgehead atoms. The molecule has 1 aromatic carbocycles. The Balaban J connectivity index is 2.33. The summed E-state index contributed by atoms with van der Waals surface area (Å²) in [6.07, 6.45) is 3.02. The number of hydrogen-bond donors (Lipinski definition) is 2. The average Bonchev–Trinajstić information content (AvgIpc) is 2.42. The van der Waals surface area contributed by atoms with Crippen molar-refractivity contribution in [2.24, 2.45) is 0 Å². The maximum absolute atomic E-state index is 12.3. The summed E-state index contributed by atoms with van der Waals surface area (Å²) in [5, 5.41) is 2.78. The number of pyridine rings is 1. The molecular weight excluding hydrogens is 322 g/mol. The van der Waals surface area contributed by atoms with Crippen LogP contribution in [-0.4, -0.2) is 18.0 Å². The van der Waals surface area contributed by atoms with Gasteiger partial charge in [0.2, 0.25) is 0 Å². The van der Waals surface area contributed by atoms with Crippen molar-refractivity contribution in [3.63, 3.8) is 0 Å². The Bertz CT molecular complexity index is 636. The number of hydrogen-bond acceptors (Lipinski definition) is 4. The fourth-order valence-corrected chi connectivity index (χ4v) is 2.50. The van der Waals surface area contributed by atoms with Crippen molar-refractivity contribution in [1.82, 2.24) is 4.98 Å². The van der Waals surface area contributed by atoms with Crippen molar-refractivity contribution in [1.29, 1.82) is 0 Å². The number of nitrogen functional groups attached to an aromatic ring is 1. The lowest BCUT2D eigenvalue weighted by Gasteiger charge is -2.12. The SMILES string of the molecule is COc1cnccc1C(=O)Nc1c(N)cc(C)cc1Br. The molecule has 0 spiro atoms. The van der Waals surface area contributed by atoms with Crippen LogP contribution in [0.1, 0.15) is 15.9 Å². The first-order valence-corrected chi connectivity index (χ1v) is 6.67. The molecule has 2 aromatic rings. The minimum Gasteiger partial charge on any atom is -0.494 e. The quantitative estimate of drug-likeness (QED) is 0.845. The van der Waals surface area contributed by atoms with E-state index < -0.39 is 0 Å². The summed E-state index contributed by atoms with van der Waals surface area (Å²) in [6, 6.07) is 5.27. The van der Waals surface area contributed by atoms with Crippen molar-refractivity contribution in [2.75, 3.05) is 18.2 Å². The second-order valence-corrected chi connectivity index (χ2v) is 5.10. The van der Waals surface area contributed by atoms with Crippen molar-refractivity contribution in [3.05, 3.63) is 46.2 Å². The molecule has 6 heteroatoms. The lowest BCUT2D eigenvalue weighted by molar-refractivity contribution is 0.102. The fourth-order valence-electron chi connectivity index (χ4n) is 1.81. The lowest BCUT2D eigenvalue weighted by Crippen LogP contribution is -2.15. The minimum absolute atomic E-state index is 0.305. The molecule has 0 aliphatic rings. The number of rotatable bonds is 3. The van der Waals surface area contributed by atoms with E-state index in [9.17, 15) is 4.79 Å². The number of methoxy groups -OCH3 is 1. The Morgan fingerprint density at radius 3 is 2.85 bits per heavy atom. The molecule has 1 amide bonds. The number of amides is 1. The van der Waals surface area contributed by atoms with E-state index in [-0.39, 0.29) is 5.91 Å². The Kier molecular flexibility index (Phi) is 4.24. The number of aryl methyl sites for hydroxylation is 1. The molecule has 0 aliphatic carbocycles. The summed E-state index contributed by atoms with van der Waals surface area (Å²) >= 11 is 3.40. The van der Waals surface area contributed by atoms with Crippen LogP contribution in [0.15, 0.2) is 35.1 Å². The largest absolute Gasteiger partial charge is 0.494 e. The third kappa shape index (κ3) is 2.91. The van der Waals surface area contributed by atoms with E-state index in [0.29, 0.717) is 22.7 Å². The summed E-state index contributed by atoms with van der Waals surface area (Å²) in [7, 11) is 1.49. The van der Waals surface area contributed by atoms with Crippen LogP contribution in [0.3, 0.4) is 0 Å². The van der Waals surface area contributed by atoms with E-state index in [2.05, 4.69) is 26.2 Å². The van der Waals surface area contributed by atoms with E-state index in [1.165, 1.54) is 19.5 Å². The van der Waals surface area contributed by atoms with Gasteiger partial charge >= 0.3 is 0 Å². The van der Waals surface area contributed by atoms with Gasteiger partial charge in [-0.15, -0.1) is 0 Å². The minimum atomic E-state index is -0.305. The summed E-state index contributed by atoms with van der Waals surface area (Å²) in [5.74, 6) is 0.104. The van der Waals surface area contributed by atoms with Gasteiger partial charge in [-0.1, -0.05) is 0 Å². The van der Waals surface area contributed by atoms with Gasteiger partial charge in [0.15, 0.2) is 0 Å². The van der Waals surface area contributed by atoms with Gasteiger partial charge in [-0.25, -0.2) is 0 Å². The van der Waals surface area contributed by atoms with E-state index in [1.54, 1.807) is 12.1 Å². The monoisotopic (exact) mass is 335 g/mol. The van der Waals surface area contributed by atoms with Crippen molar-refractivity contribution in [3.8, 4) is 5.75 Å². The lowest BCUT2D eigenvalue weighted by atomic mass is 10.1. The molecule has 0 fully saturated rings. The van der Waals surface area contributed by atoms with E-state index >= 15 is 0 Å². The number of anilines is 2. The van der Waals surface area contributed by atoms with Gasteiger partial charge in [0.25, 0.3) is 5.91 Å². The van der Waals surface area contributed by atoms with Gasteiger partial charge in [0.1, 0.15) is 5.75 Å². The molecule has 1 heterocycles. The highest BCUT2D eigenvalue weighted by molar-refractivity contribution is 9.10. The van der Waals surface area contributed by atoms with Crippen molar-refractivity contribution >= 4 is 33.2 Å². The molecule has 104 valence electrons. The van der Waals surface area contributed by atoms with E-state index in [4.69, 9.17) is 10.5 Å². The number of aromatic nitrogens is 1. The molecule has 0 aliphatic heterocycles. The molecule has 0 unspecified atom stereocenters.